The second-order valence-corrected chi connectivity index (χ2v) is 14.9. The van der Waals surface area contributed by atoms with Crippen LogP contribution >= 0.6 is 11.6 Å². The van der Waals surface area contributed by atoms with Gasteiger partial charge in [-0.25, -0.2) is 0 Å². The van der Waals surface area contributed by atoms with E-state index in [2.05, 4.69) is 119 Å². The molecular weight excluding hydrogens is 508 g/mol. The van der Waals surface area contributed by atoms with Gasteiger partial charge in [-0.3, -0.25) is 0 Å². The molecule has 3 aromatic rings. The lowest BCUT2D eigenvalue weighted by Crippen LogP contribution is -2.54. The van der Waals surface area contributed by atoms with E-state index in [1.54, 1.807) is 0 Å². The minimum atomic E-state index is 0.0217. The van der Waals surface area contributed by atoms with Gasteiger partial charge in [-0.05, 0) is 103 Å². The lowest BCUT2D eigenvalue weighted by atomic mass is 9.61. The van der Waals surface area contributed by atoms with Crippen molar-refractivity contribution >= 4 is 34.4 Å². The van der Waals surface area contributed by atoms with Crippen molar-refractivity contribution in [2.24, 2.45) is 0 Å². The van der Waals surface area contributed by atoms with Crippen LogP contribution in [0.3, 0.4) is 0 Å². The van der Waals surface area contributed by atoms with Crippen LogP contribution in [-0.4, -0.2) is 12.1 Å². The molecule has 6 rings (SSSR count). The molecule has 2 unspecified atom stereocenters. The Morgan fingerprint density at radius 3 is 2.17 bits per heavy atom. The lowest BCUT2D eigenvalue weighted by Gasteiger charge is -2.50. The van der Waals surface area contributed by atoms with E-state index in [-0.39, 0.29) is 21.8 Å². The van der Waals surface area contributed by atoms with Crippen LogP contribution in [0.2, 0.25) is 5.02 Å². The highest BCUT2D eigenvalue weighted by atomic mass is 35.5. The van der Waals surface area contributed by atoms with Crippen LogP contribution in [0.1, 0.15) is 110 Å². The van der Waals surface area contributed by atoms with Crippen molar-refractivity contribution in [3.8, 4) is 0 Å². The Balaban J connectivity index is 1.48. The molecule has 2 atom stereocenters. The molecular formula is C37H47ClN2. The fourth-order valence-corrected chi connectivity index (χ4v) is 8.54. The number of fused-ring (bicyclic) bond motifs is 4. The van der Waals surface area contributed by atoms with E-state index in [4.69, 9.17) is 11.6 Å². The number of benzene rings is 3. The van der Waals surface area contributed by atoms with Gasteiger partial charge in [-0.2, -0.15) is 0 Å². The normalized spacial score (nSPS) is 26.1. The number of rotatable bonds is 5. The third-order valence-corrected chi connectivity index (χ3v) is 11.3. The van der Waals surface area contributed by atoms with E-state index in [0.717, 1.165) is 18.0 Å². The summed E-state index contributed by atoms with van der Waals surface area (Å²) in [6, 6.07) is 23.1. The highest BCUT2D eigenvalue weighted by molar-refractivity contribution is 6.31. The largest absolute Gasteiger partial charge is 0.341 e. The van der Waals surface area contributed by atoms with Crippen molar-refractivity contribution in [3.63, 3.8) is 0 Å². The van der Waals surface area contributed by atoms with Gasteiger partial charge in [0.25, 0.3) is 0 Å². The van der Waals surface area contributed by atoms with E-state index in [1.165, 1.54) is 78.0 Å². The van der Waals surface area contributed by atoms with Crippen molar-refractivity contribution in [1.29, 1.82) is 0 Å². The number of hydrogen-bond donors (Lipinski definition) is 0. The SMILES string of the molecule is CCCN(c1cc(Cl)cc(N2c3ccccc3C3(C)CCCCC23C)c1)c1ccc2c(c1)C(C)(C)CCC2(C)C. The van der Waals surface area contributed by atoms with Gasteiger partial charge in [0.05, 0.1) is 5.54 Å². The number of nitrogens with zero attached hydrogens (tertiary/aromatic N) is 2. The number of halogens is 1. The fraction of sp³-hybridized carbons (Fsp3) is 0.514. The average molecular weight is 555 g/mol. The summed E-state index contributed by atoms with van der Waals surface area (Å²) in [6.45, 7) is 17.9. The van der Waals surface area contributed by atoms with Gasteiger partial charge in [0.15, 0.2) is 0 Å². The zero-order valence-electron chi connectivity index (χ0n) is 25.7. The Morgan fingerprint density at radius 2 is 1.43 bits per heavy atom. The van der Waals surface area contributed by atoms with Crippen molar-refractivity contribution in [1.82, 2.24) is 0 Å². The number of hydrogen-bond acceptors (Lipinski definition) is 2. The van der Waals surface area contributed by atoms with Crippen LogP contribution in [0, 0.1) is 0 Å². The standard InChI is InChI=1S/C37H47ClN2/c1-8-21-39(27-15-16-30-32(25-27)35(4,5)20-19-34(30,2)3)28-22-26(38)23-29(24-28)40-33-14-10-9-13-31(33)36(6)17-11-12-18-37(36,40)7/h9-10,13-16,22-25H,8,11-12,17-21H2,1-7H3. The molecule has 0 amide bonds. The van der Waals surface area contributed by atoms with Crippen LogP contribution in [0.5, 0.6) is 0 Å². The number of anilines is 4. The highest BCUT2D eigenvalue weighted by Gasteiger charge is 2.57. The molecule has 1 aliphatic heterocycles. The Labute approximate surface area is 247 Å². The molecule has 0 bridgehead atoms. The van der Waals surface area contributed by atoms with Crippen molar-refractivity contribution < 1.29 is 0 Å². The first-order chi connectivity index (χ1) is 18.9. The monoisotopic (exact) mass is 554 g/mol. The second-order valence-electron chi connectivity index (χ2n) is 14.5. The van der Waals surface area contributed by atoms with Crippen molar-refractivity contribution in [3.05, 3.63) is 82.4 Å². The zero-order chi connectivity index (χ0) is 28.5. The van der Waals surface area contributed by atoms with E-state index >= 15 is 0 Å². The maximum atomic E-state index is 6.99. The summed E-state index contributed by atoms with van der Waals surface area (Å²) in [5, 5.41) is 0.804. The minimum Gasteiger partial charge on any atom is -0.341 e. The summed E-state index contributed by atoms with van der Waals surface area (Å²) in [6.07, 6.45) is 8.51. The molecule has 2 aliphatic carbocycles. The molecule has 3 aromatic carbocycles. The molecule has 40 heavy (non-hydrogen) atoms. The maximum Gasteiger partial charge on any atom is 0.0517 e. The molecule has 1 saturated carbocycles. The van der Waals surface area contributed by atoms with Gasteiger partial charge in [-0.15, -0.1) is 0 Å². The van der Waals surface area contributed by atoms with Gasteiger partial charge >= 0.3 is 0 Å². The Hall–Kier alpha value is -2.45. The zero-order valence-corrected chi connectivity index (χ0v) is 26.5. The van der Waals surface area contributed by atoms with E-state index in [0.29, 0.717) is 0 Å². The minimum absolute atomic E-state index is 0.0217. The Bertz CT molecular complexity index is 1440. The summed E-state index contributed by atoms with van der Waals surface area (Å²) < 4.78 is 0. The fourth-order valence-electron chi connectivity index (χ4n) is 8.32. The predicted molar refractivity (Wildman–Crippen MR) is 173 cm³/mol. The molecule has 1 heterocycles. The molecule has 212 valence electrons. The van der Waals surface area contributed by atoms with Gasteiger partial charge in [0.1, 0.15) is 0 Å². The summed E-state index contributed by atoms with van der Waals surface area (Å²) in [4.78, 5) is 5.14. The van der Waals surface area contributed by atoms with Crippen LogP contribution in [0.15, 0.2) is 60.7 Å². The summed E-state index contributed by atoms with van der Waals surface area (Å²) >= 11 is 6.99. The molecule has 1 fully saturated rings. The second kappa shape index (κ2) is 9.55. The predicted octanol–water partition coefficient (Wildman–Crippen LogP) is 11.0. The smallest absolute Gasteiger partial charge is 0.0517 e. The Kier molecular flexibility index (Phi) is 6.61. The molecule has 0 N–H and O–H groups in total. The first-order valence-electron chi connectivity index (χ1n) is 15.5. The lowest BCUT2D eigenvalue weighted by molar-refractivity contribution is 0.195. The van der Waals surface area contributed by atoms with Gasteiger partial charge in [-0.1, -0.05) is 90.3 Å². The van der Waals surface area contributed by atoms with Crippen LogP contribution in [0.25, 0.3) is 0 Å². The average Bonchev–Trinajstić information content (AvgIpc) is 3.13. The summed E-state index contributed by atoms with van der Waals surface area (Å²) in [5.41, 5.74) is 10.1. The summed E-state index contributed by atoms with van der Waals surface area (Å²) in [5.74, 6) is 0. The molecule has 3 heteroatoms. The third-order valence-electron chi connectivity index (χ3n) is 11.0. The topological polar surface area (TPSA) is 6.48 Å². The molecule has 2 nitrogen and oxygen atoms in total. The first kappa shape index (κ1) is 27.7. The molecule has 0 radical (unpaired) electrons. The summed E-state index contributed by atoms with van der Waals surface area (Å²) in [7, 11) is 0. The van der Waals surface area contributed by atoms with E-state index in [1.807, 2.05) is 0 Å². The van der Waals surface area contributed by atoms with Gasteiger partial charge < -0.3 is 9.80 Å². The van der Waals surface area contributed by atoms with Gasteiger partial charge in [0, 0.05) is 39.7 Å². The third kappa shape index (κ3) is 4.12. The van der Waals surface area contributed by atoms with Crippen molar-refractivity contribution in [2.75, 3.05) is 16.3 Å². The van der Waals surface area contributed by atoms with E-state index in [9.17, 15) is 0 Å². The quantitative estimate of drug-likeness (QED) is 0.309. The van der Waals surface area contributed by atoms with Gasteiger partial charge in [0.2, 0.25) is 0 Å². The maximum absolute atomic E-state index is 6.99. The number of para-hydroxylation sites is 1. The van der Waals surface area contributed by atoms with Crippen LogP contribution < -0.4 is 9.80 Å². The first-order valence-corrected chi connectivity index (χ1v) is 15.9. The molecule has 0 aromatic heterocycles. The molecule has 3 aliphatic rings. The van der Waals surface area contributed by atoms with Crippen LogP contribution in [0.4, 0.5) is 22.7 Å². The van der Waals surface area contributed by atoms with Crippen LogP contribution in [-0.2, 0) is 16.2 Å². The Morgan fingerprint density at radius 1 is 0.725 bits per heavy atom. The van der Waals surface area contributed by atoms with E-state index < -0.39 is 0 Å². The highest BCUT2D eigenvalue weighted by Crippen LogP contribution is 2.61. The molecule has 0 saturated heterocycles. The van der Waals surface area contributed by atoms with Crippen molar-refractivity contribution in [2.45, 2.75) is 115 Å². The molecule has 0 spiro atoms.